The van der Waals surface area contributed by atoms with Crippen molar-refractivity contribution in [3.63, 3.8) is 0 Å². The highest BCUT2D eigenvalue weighted by Gasteiger charge is 2.57. The first-order valence-corrected chi connectivity index (χ1v) is 9.56. The van der Waals surface area contributed by atoms with Crippen molar-refractivity contribution < 1.29 is 0 Å². The Labute approximate surface area is 131 Å². The molecular formula is C19H34N2. The summed E-state index contributed by atoms with van der Waals surface area (Å²) in [5, 5.41) is 0. The van der Waals surface area contributed by atoms with E-state index in [9.17, 15) is 0 Å². The largest absolute Gasteiger partial charge is 0.303 e. The zero-order valence-electron chi connectivity index (χ0n) is 14.4. The Morgan fingerprint density at radius 2 is 1.57 bits per heavy atom. The quantitative estimate of drug-likeness (QED) is 0.739. The number of unbranched alkanes of at least 4 members (excludes halogenated alkanes) is 1. The Morgan fingerprint density at radius 3 is 2.10 bits per heavy atom. The number of rotatable bonds is 6. The van der Waals surface area contributed by atoms with E-state index >= 15 is 0 Å². The highest BCUT2D eigenvalue weighted by atomic mass is 15.2. The lowest BCUT2D eigenvalue weighted by Crippen LogP contribution is -2.43. The molecule has 21 heavy (non-hydrogen) atoms. The highest BCUT2D eigenvalue weighted by molar-refractivity contribution is 5.08. The van der Waals surface area contributed by atoms with E-state index < -0.39 is 0 Å². The highest BCUT2D eigenvalue weighted by Crippen LogP contribution is 2.56. The van der Waals surface area contributed by atoms with Gasteiger partial charge in [-0.25, -0.2) is 0 Å². The Kier molecular flexibility index (Phi) is 3.61. The molecule has 0 aromatic rings. The van der Waals surface area contributed by atoms with E-state index in [4.69, 9.17) is 0 Å². The summed E-state index contributed by atoms with van der Waals surface area (Å²) in [6.45, 7) is 14.4. The lowest BCUT2D eigenvalue weighted by atomic mass is 9.77. The minimum Gasteiger partial charge on any atom is -0.303 e. The minimum absolute atomic E-state index is 0.459. The van der Waals surface area contributed by atoms with Gasteiger partial charge in [0, 0.05) is 31.7 Å². The zero-order valence-corrected chi connectivity index (χ0v) is 14.4. The maximum Gasteiger partial charge on any atom is 0.0156 e. The smallest absolute Gasteiger partial charge is 0.0156 e. The number of hydrogen-bond donors (Lipinski definition) is 0. The maximum atomic E-state index is 2.85. The van der Waals surface area contributed by atoms with Gasteiger partial charge in [-0.15, -0.1) is 0 Å². The molecule has 0 radical (unpaired) electrons. The molecule has 2 heteroatoms. The summed E-state index contributed by atoms with van der Waals surface area (Å²) in [4.78, 5) is 5.58. The summed E-state index contributed by atoms with van der Waals surface area (Å²) in [5.41, 5.74) is 0.459. The van der Waals surface area contributed by atoms with E-state index in [1.807, 2.05) is 0 Å². The molecule has 4 aliphatic rings. The van der Waals surface area contributed by atoms with Gasteiger partial charge in [0.25, 0.3) is 0 Å². The van der Waals surface area contributed by atoms with Crippen LogP contribution in [0.1, 0.15) is 52.9 Å². The van der Waals surface area contributed by atoms with Crippen LogP contribution in [0, 0.1) is 29.6 Å². The van der Waals surface area contributed by atoms with Crippen molar-refractivity contribution in [1.29, 1.82) is 0 Å². The van der Waals surface area contributed by atoms with Crippen molar-refractivity contribution in [2.75, 3.05) is 32.7 Å². The van der Waals surface area contributed by atoms with Crippen LogP contribution in [0.5, 0.6) is 0 Å². The molecular weight excluding hydrogens is 256 g/mol. The van der Waals surface area contributed by atoms with Crippen molar-refractivity contribution in [3.8, 4) is 0 Å². The number of fused-ring (bicyclic) bond motifs is 2. The third kappa shape index (κ3) is 2.57. The predicted molar refractivity (Wildman–Crippen MR) is 88.3 cm³/mol. The third-order valence-electron chi connectivity index (χ3n) is 7.35. The fourth-order valence-electron chi connectivity index (χ4n) is 5.56. The van der Waals surface area contributed by atoms with Gasteiger partial charge < -0.3 is 4.90 Å². The molecule has 4 atom stereocenters. The first kappa shape index (κ1) is 14.5. The molecule has 2 nitrogen and oxygen atoms in total. The molecule has 0 N–H and O–H groups in total. The fourth-order valence-corrected chi connectivity index (χ4v) is 5.56. The average Bonchev–Trinajstić information content (AvgIpc) is 2.77. The van der Waals surface area contributed by atoms with Crippen molar-refractivity contribution in [2.45, 2.75) is 58.4 Å². The van der Waals surface area contributed by atoms with Gasteiger partial charge in [-0.3, -0.25) is 4.90 Å². The van der Waals surface area contributed by atoms with Crippen LogP contribution in [0.25, 0.3) is 0 Å². The molecule has 120 valence electrons. The van der Waals surface area contributed by atoms with E-state index in [-0.39, 0.29) is 0 Å². The second-order valence-electron chi connectivity index (χ2n) is 9.12. The van der Waals surface area contributed by atoms with Crippen molar-refractivity contribution >= 4 is 0 Å². The fraction of sp³-hybridized carbons (Fsp3) is 1.00. The zero-order chi connectivity index (χ0) is 14.6. The number of hydrogen-bond acceptors (Lipinski definition) is 2. The first-order chi connectivity index (χ1) is 10.1. The summed E-state index contributed by atoms with van der Waals surface area (Å²) in [5.74, 6) is 5.29. The van der Waals surface area contributed by atoms with Crippen LogP contribution in [-0.2, 0) is 0 Å². The monoisotopic (exact) mass is 290 g/mol. The maximum absolute atomic E-state index is 2.85. The Bertz CT molecular complexity index is 367. The van der Waals surface area contributed by atoms with E-state index in [2.05, 4.69) is 30.6 Å². The van der Waals surface area contributed by atoms with Gasteiger partial charge in [0.2, 0.25) is 0 Å². The van der Waals surface area contributed by atoms with Gasteiger partial charge in [0.1, 0.15) is 0 Å². The van der Waals surface area contributed by atoms with E-state index in [1.54, 1.807) is 0 Å². The molecule has 4 fully saturated rings. The normalized spacial score (nSPS) is 42.7. The Balaban J connectivity index is 1.26. The summed E-state index contributed by atoms with van der Waals surface area (Å²) in [6.07, 6.45) is 7.23. The van der Waals surface area contributed by atoms with Crippen LogP contribution in [0.15, 0.2) is 0 Å². The first-order valence-electron chi connectivity index (χ1n) is 9.56. The molecule has 2 aliphatic carbocycles. The van der Waals surface area contributed by atoms with Gasteiger partial charge in [0.15, 0.2) is 0 Å². The second-order valence-corrected chi connectivity index (χ2v) is 9.12. The Hall–Kier alpha value is -0.0800. The van der Waals surface area contributed by atoms with Gasteiger partial charge >= 0.3 is 0 Å². The van der Waals surface area contributed by atoms with Gasteiger partial charge in [-0.2, -0.15) is 0 Å². The van der Waals surface area contributed by atoms with Crippen LogP contribution in [0.2, 0.25) is 0 Å². The van der Waals surface area contributed by atoms with Crippen LogP contribution < -0.4 is 0 Å². The molecule has 0 amide bonds. The molecule has 2 saturated heterocycles. The average molecular weight is 290 g/mol. The summed E-state index contributed by atoms with van der Waals surface area (Å²) >= 11 is 0. The lowest BCUT2D eigenvalue weighted by molar-refractivity contribution is 0.123. The molecule has 2 aliphatic heterocycles. The van der Waals surface area contributed by atoms with Gasteiger partial charge in [-0.1, -0.05) is 13.3 Å². The molecule has 2 saturated carbocycles. The molecule has 0 bridgehead atoms. The van der Waals surface area contributed by atoms with Crippen LogP contribution in [0.4, 0.5) is 0 Å². The number of nitrogens with zero attached hydrogens (tertiary/aromatic N) is 2. The molecule has 4 rings (SSSR count). The van der Waals surface area contributed by atoms with E-state index in [0.717, 1.165) is 29.6 Å². The van der Waals surface area contributed by atoms with Gasteiger partial charge in [0.05, 0.1) is 0 Å². The SMILES string of the molecule is CCCCN1CC2C(C1)C2CC(C)(C)N1CC2CCC2C1. The van der Waals surface area contributed by atoms with E-state index in [1.165, 1.54) is 64.8 Å². The molecule has 0 spiro atoms. The Morgan fingerprint density at radius 1 is 0.952 bits per heavy atom. The van der Waals surface area contributed by atoms with E-state index in [0.29, 0.717) is 5.54 Å². The molecule has 4 unspecified atom stereocenters. The molecule has 2 heterocycles. The van der Waals surface area contributed by atoms with Crippen molar-refractivity contribution in [2.24, 2.45) is 29.6 Å². The predicted octanol–water partition coefficient (Wildman–Crippen LogP) is 3.47. The lowest BCUT2D eigenvalue weighted by Gasteiger charge is -2.36. The topological polar surface area (TPSA) is 6.48 Å². The molecule has 0 aromatic carbocycles. The van der Waals surface area contributed by atoms with Crippen molar-refractivity contribution in [1.82, 2.24) is 9.80 Å². The summed E-state index contributed by atoms with van der Waals surface area (Å²) in [6, 6.07) is 0. The minimum atomic E-state index is 0.459. The number of piperidine rings is 1. The molecule has 0 aromatic heterocycles. The van der Waals surface area contributed by atoms with Crippen molar-refractivity contribution in [3.05, 3.63) is 0 Å². The standard InChI is InChI=1S/C19H34N2/c1-4-5-8-20-12-17-16(18(17)13-20)9-19(2,3)21-10-14-6-7-15(14)11-21/h14-18H,4-13H2,1-3H3. The van der Waals surface area contributed by atoms with Crippen LogP contribution in [-0.4, -0.2) is 48.1 Å². The second kappa shape index (κ2) is 5.23. The summed E-state index contributed by atoms with van der Waals surface area (Å²) in [7, 11) is 0. The number of likely N-dealkylation sites (tertiary alicyclic amines) is 2. The van der Waals surface area contributed by atoms with Crippen LogP contribution in [0.3, 0.4) is 0 Å². The van der Waals surface area contributed by atoms with Crippen LogP contribution >= 0.6 is 0 Å². The summed E-state index contributed by atoms with van der Waals surface area (Å²) < 4.78 is 0. The van der Waals surface area contributed by atoms with Gasteiger partial charge in [-0.05, 0) is 75.7 Å². The third-order valence-corrected chi connectivity index (χ3v) is 7.35.